The van der Waals surface area contributed by atoms with Gasteiger partial charge in [0.05, 0.1) is 0 Å². The lowest BCUT2D eigenvalue weighted by atomic mass is 10.2. The first-order chi connectivity index (χ1) is 9.44. The number of hydrogen-bond donors (Lipinski definition) is 3. The quantitative estimate of drug-likeness (QED) is 0.742. The normalized spacial score (nSPS) is 16.8. The highest BCUT2D eigenvalue weighted by atomic mass is 16.6. The second-order valence-corrected chi connectivity index (χ2v) is 6.30. The third-order valence-electron chi connectivity index (χ3n) is 3.13. The fourth-order valence-electron chi connectivity index (χ4n) is 2.04. The Labute approximate surface area is 119 Å². The highest BCUT2D eigenvalue weighted by Gasteiger charge is 2.33. The topological polar surface area (TPSA) is 79.0 Å². The first-order valence-electron chi connectivity index (χ1n) is 7.12. The van der Waals surface area contributed by atoms with Crippen molar-refractivity contribution in [2.75, 3.05) is 6.54 Å². The molecule has 0 bridgehead atoms. The van der Waals surface area contributed by atoms with Crippen LogP contribution in [0.4, 0.5) is 4.79 Å². The maximum absolute atomic E-state index is 11.8. The lowest BCUT2D eigenvalue weighted by molar-refractivity contribution is 0.0497. The van der Waals surface area contributed by atoms with Crippen molar-refractivity contribution in [3.63, 3.8) is 0 Å². The molecule has 1 saturated carbocycles. The molecule has 1 aliphatic carbocycles. The van der Waals surface area contributed by atoms with Gasteiger partial charge in [0.15, 0.2) is 0 Å². The zero-order valence-corrected chi connectivity index (χ0v) is 12.4. The van der Waals surface area contributed by atoms with E-state index >= 15 is 0 Å². The lowest BCUT2D eigenvalue weighted by Gasteiger charge is -2.23. The monoisotopic (exact) mass is 280 g/mol. The molecule has 1 amide bonds. The first-order valence-corrected chi connectivity index (χ1v) is 7.12. The minimum absolute atomic E-state index is 0.132. The first kappa shape index (κ1) is 14.8. The summed E-state index contributed by atoms with van der Waals surface area (Å²) in [6, 6.07) is 2.06. The van der Waals surface area contributed by atoms with Gasteiger partial charge in [0.1, 0.15) is 5.60 Å². The van der Waals surface area contributed by atoms with Gasteiger partial charge in [0.25, 0.3) is 0 Å². The Morgan fingerprint density at radius 3 is 2.85 bits per heavy atom. The number of carbonyl (C=O) groups is 1. The smallest absolute Gasteiger partial charge is 0.407 e. The van der Waals surface area contributed by atoms with Gasteiger partial charge in [-0.25, -0.2) is 4.79 Å². The molecule has 1 unspecified atom stereocenters. The summed E-state index contributed by atoms with van der Waals surface area (Å²) in [5.41, 5.74) is 0.582. The van der Waals surface area contributed by atoms with E-state index in [9.17, 15) is 4.79 Å². The van der Waals surface area contributed by atoms with E-state index < -0.39 is 5.60 Å². The average Bonchev–Trinajstić information content (AvgIpc) is 3.04. The molecular weight excluding hydrogens is 256 g/mol. The molecule has 2 rings (SSSR count). The van der Waals surface area contributed by atoms with Crippen molar-refractivity contribution >= 4 is 6.09 Å². The van der Waals surface area contributed by atoms with Crippen molar-refractivity contribution in [2.45, 2.75) is 51.8 Å². The number of hydrogen-bond acceptors (Lipinski definition) is 4. The van der Waals surface area contributed by atoms with E-state index in [1.807, 2.05) is 26.8 Å². The summed E-state index contributed by atoms with van der Waals surface area (Å²) < 4.78 is 5.30. The Balaban J connectivity index is 1.74. The van der Waals surface area contributed by atoms with Crippen molar-refractivity contribution in [3.05, 3.63) is 18.0 Å². The van der Waals surface area contributed by atoms with E-state index in [-0.39, 0.29) is 12.1 Å². The third-order valence-corrected chi connectivity index (χ3v) is 3.13. The number of rotatable bonds is 6. The zero-order valence-electron chi connectivity index (χ0n) is 12.4. The van der Waals surface area contributed by atoms with Crippen LogP contribution in [-0.4, -0.2) is 34.5 Å². The highest BCUT2D eigenvalue weighted by Crippen LogP contribution is 2.32. The van der Waals surface area contributed by atoms with Gasteiger partial charge >= 0.3 is 6.09 Å². The van der Waals surface area contributed by atoms with Gasteiger partial charge in [-0.3, -0.25) is 5.10 Å². The van der Waals surface area contributed by atoms with Crippen LogP contribution in [0.1, 0.15) is 39.3 Å². The molecule has 20 heavy (non-hydrogen) atoms. The van der Waals surface area contributed by atoms with Gasteiger partial charge in [-0.1, -0.05) is 0 Å². The molecule has 0 saturated heterocycles. The highest BCUT2D eigenvalue weighted by molar-refractivity contribution is 5.68. The number of aromatic amines is 1. The van der Waals surface area contributed by atoms with E-state index in [2.05, 4.69) is 20.8 Å². The Hall–Kier alpha value is -1.56. The zero-order chi connectivity index (χ0) is 14.6. The number of nitrogens with one attached hydrogen (secondary N) is 3. The molecule has 0 radical (unpaired) electrons. The summed E-state index contributed by atoms with van der Waals surface area (Å²) in [6.07, 6.45) is 3.74. The van der Waals surface area contributed by atoms with Crippen LogP contribution in [0.5, 0.6) is 0 Å². The van der Waals surface area contributed by atoms with Crippen LogP contribution in [-0.2, 0) is 11.3 Å². The number of aromatic nitrogens is 2. The second-order valence-electron chi connectivity index (χ2n) is 6.30. The summed E-state index contributed by atoms with van der Waals surface area (Å²) in [4.78, 5) is 11.8. The van der Waals surface area contributed by atoms with E-state index in [1.54, 1.807) is 6.20 Å². The van der Waals surface area contributed by atoms with Crippen molar-refractivity contribution in [1.29, 1.82) is 0 Å². The van der Waals surface area contributed by atoms with Crippen molar-refractivity contribution in [3.8, 4) is 0 Å². The van der Waals surface area contributed by atoms with Crippen LogP contribution in [0.25, 0.3) is 0 Å². The molecule has 3 N–H and O–H groups in total. The molecule has 112 valence electrons. The lowest BCUT2D eigenvalue weighted by Crippen LogP contribution is -2.45. The summed E-state index contributed by atoms with van der Waals surface area (Å²) in [5.74, 6) is 0.566. The molecule has 1 aliphatic rings. The van der Waals surface area contributed by atoms with Crippen LogP contribution in [0.3, 0.4) is 0 Å². The largest absolute Gasteiger partial charge is 0.444 e. The van der Waals surface area contributed by atoms with Gasteiger partial charge in [-0.15, -0.1) is 0 Å². The van der Waals surface area contributed by atoms with Gasteiger partial charge in [-0.05, 0) is 45.6 Å². The molecule has 0 aromatic carbocycles. The van der Waals surface area contributed by atoms with Crippen molar-refractivity contribution in [1.82, 2.24) is 20.8 Å². The maximum Gasteiger partial charge on any atom is 0.407 e. The summed E-state index contributed by atoms with van der Waals surface area (Å²) in [7, 11) is 0. The third kappa shape index (κ3) is 5.21. The molecule has 1 fully saturated rings. The number of carbonyl (C=O) groups excluding carboxylic acids is 1. The predicted molar refractivity (Wildman–Crippen MR) is 76.2 cm³/mol. The Kier molecular flexibility index (Phi) is 4.65. The molecule has 0 spiro atoms. The average molecular weight is 280 g/mol. The second kappa shape index (κ2) is 6.26. The molecule has 1 atom stereocenters. The molecule has 0 aliphatic heterocycles. The Morgan fingerprint density at radius 1 is 1.55 bits per heavy atom. The van der Waals surface area contributed by atoms with E-state index in [0.717, 1.165) is 18.8 Å². The van der Waals surface area contributed by atoms with E-state index in [0.29, 0.717) is 5.92 Å². The molecule has 6 nitrogen and oxygen atoms in total. The minimum atomic E-state index is -0.457. The number of alkyl carbamates (subject to hydrolysis) is 1. The molecule has 1 heterocycles. The summed E-state index contributed by atoms with van der Waals surface area (Å²) in [5, 5.41) is 13.1. The molecule has 1 aromatic rings. The Bertz CT molecular complexity index is 421. The van der Waals surface area contributed by atoms with Crippen molar-refractivity contribution < 1.29 is 9.53 Å². The number of nitrogens with zero attached hydrogens (tertiary/aromatic N) is 1. The van der Waals surface area contributed by atoms with Crippen LogP contribution >= 0.6 is 0 Å². The SMILES string of the molecule is CC(C)(C)OC(=O)NC(CNCc1ccn[nH]1)C1CC1. The van der Waals surface area contributed by atoms with Gasteiger partial charge < -0.3 is 15.4 Å². The van der Waals surface area contributed by atoms with E-state index in [1.165, 1.54) is 12.8 Å². The predicted octanol–water partition coefficient (Wildman–Crippen LogP) is 1.80. The van der Waals surface area contributed by atoms with Crippen LogP contribution in [0.2, 0.25) is 0 Å². The van der Waals surface area contributed by atoms with Crippen LogP contribution in [0, 0.1) is 5.92 Å². The van der Waals surface area contributed by atoms with Crippen molar-refractivity contribution in [2.24, 2.45) is 5.92 Å². The fraction of sp³-hybridized carbons (Fsp3) is 0.714. The fourth-order valence-corrected chi connectivity index (χ4v) is 2.04. The molecule has 1 aromatic heterocycles. The summed E-state index contributed by atoms with van der Waals surface area (Å²) in [6.45, 7) is 7.07. The summed E-state index contributed by atoms with van der Waals surface area (Å²) >= 11 is 0. The standard InChI is InChI=1S/C14H24N4O2/c1-14(2,3)20-13(19)17-12(10-4-5-10)9-15-8-11-6-7-16-18-11/h6-7,10,12,15H,4-5,8-9H2,1-3H3,(H,16,18)(H,17,19). The maximum atomic E-state index is 11.8. The van der Waals surface area contributed by atoms with E-state index in [4.69, 9.17) is 4.74 Å². The van der Waals surface area contributed by atoms with Gasteiger partial charge in [0, 0.05) is 31.0 Å². The van der Waals surface area contributed by atoms with Gasteiger partial charge in [0.2, 0.25) is 0 Å². The minimum Gasteiger partial charge on any atom is -0.444 e. The van der Waals surface area contributed by atoms with Crippen LogP contribution < -0.4 is 10.6 Å². The Morgan fingerprint density at radius 2 is 2.30 bits per heavy atom. The van der Waals surface area contributed by atoms with Gasteiger partial charge in [-0.2, -0.15) is 5.10 Å². The van der Waals surface area contributed by atoms with Crippen LogP contribution in [0.15, 0.2) is 12.3 Å². The number of ether oxygens (including phenoxy) is 1. The molecular formula is C14H24N4O2. The molecule has 6 heteroatoms. The number of amides is 1. The number of H-pyrrole nitrogens is 1.